The molecule has 1 aliphatic rings. The number of hydrogen-bond donors (Lipinski definition) is 1. The molecule has 1 aliphatic heterocycles. The summed E-state index contributed by atoms with van der Waals surface area (Å²) < 4.78 is 33.1. The number of hydrogen-bond acceptors (Lipinski definition) is 5. The average Bonchev–Trinajstić information content (AvgIpc) is 2.79. The summed E-state index contributed by atoms with van der Waals surface area (Å²) in [7, 11) is -2.16. The van der Waals surface area contributed by atoms with Crippen LogP contribution < -0.4 is 10.1 Å². The van der Waals surface area contributed by atoms with Crippen LogP contribution in [0.25, 0.3) is 10.9 Å². The zero-order chi connectivity index (χ0) is 22.9. The number of piperidine rings is 1. The first-order valence-electron chi connectivity index (χ1n) is 10.7. The highest BCUT2D eigenvalue weighted by Crippen LogP contribution is 2.31. The fourth-order valence-electron chi connectivity index (χ4n) is 4.01. The summed E-state index contributed by atoms with van der Waals surface area (Å²) in [5.74, 6) is 0.0161. The molecule has 0 bridgehead atoms. The Bertz CT molecular complexity index is 1280. The van der Waals surface area contributed by atoms with E-state index >= 15 is 0 Å². The number of sulfonamides is 1. The van der Waals surface area contributed by atoms with Crippen LogP contribution in [0.4, 0.5) is 5.69 Å². The second-order valence-electron chi connectivity index (χ2n) is 8.10. The van der Waals surface area contributed by atoms with Gasteiger partial charge in [-0.15, -0.1) is 0 Å². The molecular formula is C24H27N3O4S. The number of rotatable bonds is 5. The lowest BCUT2D eigenvalue weighted by Crippen LogP contribution is -2.35. The lowest BCUT2D eigenvalue weighted by molar-refractivity contribution is 0.102. The lowest BCUT2D eigenvalue weighted by atomic mass is 10.1. The molecule has 1 aromatic heterocycles. The number of carbonyl (C=O) groups excluding carboxylic acids is 1. The van der Waals surface area contributed by atoms with Gasteiger partial charge in [-0.1, -0.05) is 18.1 Å². The lowest BCUT2D eigenvalue weighted by Gasteiger charge is -2.26. The molecule has 3 aromatic rings. The van der Waals surface area contributed by atoms with Crippen molar-refractivity contribution >= 4 is 32.5 Å². The Morgan fingerprint density at radius 1 is 1.03 bits per heavy atom. The molecule has 0 aliphatic carbocycles. The topological polar surface area (TPSA) is 88.6 Å². The van der Waals surface area contributed by atoms with E-state index in [1.807, 2.05) is 25.1 Å². The van der Waals surface area contributed by atoms with Gasteiger partial charge in [0.05, 0.1) is 34.5 Å². The molecule has 0 spiro atoms. The van der Waals surface area contributed by atoms with Gasteiger partial charge in [-0.2, -0.15) is 4.31 Å². The molecule has 32 heavy (non-hydrogen) atoms. The normalized spacial score (nSPS) is 15.0. The molecule has 0 atom stereocenters. The summed E-state index contributed by atoms with van der Waals surface area (Å²) >= 11 is 0. The molecule has 0 saturated carbocycles. The van der Waals surface area contributed by atoms with Crippen molar-refractivity contribution in [3.8, 4) is 5.75 Å². The van der Waals surface area contributed by atoms with E-state index in [4.69, 9.17) is 4.74 Å². The quantitative estimate of drug-likeness (QED) is 0.623. The second-order valence-corrected chi connectivity index (χ2v) is 10.0. The number of nitrogens with zero attached hydrogens (tertiary/aromatic N) is 2. The van der Waals surface area contributed by atoms with Gasteiger partial charge in [-0.05, 0) is 63.1 Å². The van der Waals surface area contributed by atoms with Crippen LogP contribution in [0.5, 0.6) is 5.75 Å². The molecular weight excluding hydrogens is 426 g/mol. The van der Waals surface area contributed by atoms with Crippen LogP contribution in [0.15, 0.2) is 47.4 Å². The maximum Gasteiger partial charge on any atom is 0.257 e. The van der Waals surface area contributed by atoms with Crippen molar-refractivity contribution in [3.05, 3.63) is 59.3 Å². The van der Waals surface area contributed by atoms with Crippen molar-refractivity contribution < 1.29 is 17.9 Å². The number of carbonyl (C=O) groups is 1. The fraction of sp³-hybridized carbons (Fsp3) is 0.333. The van der Waals surface area contributed by atoms with Gasteiger partial charge in [-0.25, -0.2) is 8.42 Å². The SMILES string of the molecule is COc1ccc(S(=O)(=O)N2CCCCC2)cc1NC(=O)c1cc2cc(C)ccc2nc1C. The Hall–Kier alpha value is -2.97. The molecule has 0 unspecified atom stereocenters. The number of aryl methyl sites for hydroxylation is 2. The summed E-state index contributed by atoms with van der Waals surface area (Å²) in [6.07, 6.45) is 2.74. The minimum atomic E-state index is -3.64. The fourth-order valence-corrected chi connectivity index (χ4v) is 5.56. The maximum absolute atomic E-state index is 13.1. The number of nitrogens with one attached hydrogen (secondary N) is 1. The van der Waals surface area contributed by atoms with Crippen molar-refractivity contribution in [2.75, 3.05) is 25.5 Å². The standard InChI is InChI=1S/C24H27N3O4S/c1-16-7-9-21-18(13-16)14-20(17(2)25-21)24(28)26-22-15-19(8-10-23(22)31-3)32(29,30)27-11-5-4-6-12-27/h7-10,13-15H,4-6,11-12H2,1-3H3,(H,26,28). The first-order valence-corrected chi connectivity index (χ1v) is 12.1. The van der Waals surface area contributed by atoms with Crippen LogP contribution in [-0.4, -0.2) is 43.8 Å². The highest BCUT2D eigenvalue weighted by molar-refractivity contribution is 7.89. The molecule has 168 valence electrons. The average molecular weight is 454 g/mol. The number of anilines is 1. The molecule has 1 N–H and O–H groups in total. The Labute approximate surface area is 188 Å². The van der Waals surface area contributed by atoms with E-state index in [1.54, 1.807) is 19.1 Å². The minimum Gasteiger partial charge on any atom is -0.495 e. The number of aromatic nitrogens is 1. The summed E-state index contributed by atoms with van der Waals surface area (Å²) in [6.45, 7) is 4.79. The first kappa shape index (κ1) is 22.2. The molecule has 1 fully saturated rings. The molecule has 2 aromatic carbocycles. The second kappa shape index (κ2) is 8.88. The minimum absolute atomic E-state index is 0.138. The molecule has 8 heteroatoms. The van der Waals surface area contributed by atoms with Gasteiger partial charge < -0.3 is 10.1 Å². The zero-order valence-corrected chi connectivity index (χ0v) is 19.3. The number of benzene rings is 2. The molecule has 0 radical (unpaired) electrons. The Morgan fingerprint density at radius 3 is 2.50 bits per heavy atom. The van der Waals surface area contributed by atoms with Gasteiger partial charge in [0.25, 0.3) is 5.91 Å². The van der Waals surface area contributed by atoms with E-state index in [1.165, 1.54) is 23.5 Å². The summed E-state index contributed by atoms with van der Waals surface area (Å²) in [5.41, 5.74) is 3.22. The van der Waals surface area contributed by atoms with Crippen LogP contribution in [0, 0.1) is 13.8 Å². The van der Waals surface area contributed by atoms with Crippen LogP contribution in [0.3, 0.4) is 0 Å². The van der Waals surface area contributed by atoms with Crippen LogP contribution >= 0.6 is 0 Å². The Kier molecular flexibility index (Phi) is 6.17. The molecule has 1 saturated heterocycles. The smallest absolute Gasteiger partial charge is 0.257 e. The molecule has 7 nitrogen and oxygen atoms in total. The summed E-state index contributed by atoms with van der Waals surface area (Å²) in [5, 5.41) is 3.70. The predicted molar refractivity (Wildman–Crippen MR) is 125 cm³/mol. The number of pyridine rings is 1. The monoisotopic (exact) mass is 453 g/mol. The number of methoxy groups -OCH3 is 1. The van der Waals surface area contributed by atoms with E-state index < -0.39 is 10.0 Å². The summed E-state index contributed by atoms with van der Waals surface area (Å²) in [6, 6.07) is 12.2. The van der Waals surface area contributed by atoms with Gasteiger partial charge in [0.1, 0.15) is 5.75 Å². The van der Waals surface area contributed by atoms with Gasteiger partial charge in [-0.3, -0.25) is 9.78 Å². The van der Waals surface area contributed by atoms with Crippen molar-refractivity contribution in [1.82, 2.24) is 9.29 Å². The third-order valence-electron chi connectivity index (χ3n) is 5.78. The van der Waals surface area contributed by atoms with Crippen LogP contribution in [0.1, 0.15) is 40.9 Å². The van der Waals surface area contributed by atoms with E-state index in [-0.39, 0.29) is 10.8 Å². The van der Waals surface area contributed by atoms with Gasteiger partial charge in [0.2, 0.25) is 10.0 Å². The number of ether oxygens (including phenoxy) is 1. The summed E-state index contributed by atoms with van der Waals surface area (Å²) in [4.78, 5) is 17.8. The Balaban J connectivity index is 1.68. The predicted octanol–water partition coefficient (Wildman–Crippen LogP) is 4.29. The number of amides is 1. The van der Waals surface area contributed by atoms with Crippen LogP contribution in [-0.2, 0) is 10.0 Å². The number of fused-ring (bicyclic) bond motifs is 1. The Morgan fingerprint density at radius 2 is 1.78 bits per heavy atom. The largest absolute Gasteiger partial charge is 0.495 e. The zero-order valence-electron chi connectivity index (χ0n) is 18.5. The third-order valence-corrected chi connectivity index (χ3v) is 7.67. The molecule has 1 amide bonds. The van der Waals surface area contributed by atoms with Crippen molar-refractivity contribution in [2.45, 2.75) is 38.0 Å². The van der Waals surface area contributed by atoms with Gasteiger partial charge >= 0.3 is 0 Å². The van der Waals surface area contributed by atoms with Crippen molar-refractivity contribution in [3.63, 3.8) is 0 Å². The van der Waals surface area contributed by atoms with Crippen molar-refractivity contribution in [1.29, 1.82) is 0 Å². The van der Waals surface area contributed by atoms with Gasteiger partial charge in [0.15, 0.2) is 0 Å². The van der Waals surface area contributed by atoms with E-state index in [0.29, 0.717) is 35.8 Å². The van der Waals surface area contributed by atoms with E-state index in [2.05, 4.69) is 10.3 Å². The highest BCUT2D eigenvalue weighted by atomic mass is 32.2. The highest BCUT2D eigenvalue weighted by Gasteiger charge is 2.27. The van der Waals surface area contributed by atoms with Crippen molar-refractivity contribution in [2.24, 2.45) is 0 Å². The van der Waals surface area contributed by atoms with E-state index in [9.17, 15) is 13.2 Å². The first-order chi connectivity index (χ1) is 15.3. The molecule has 2 heterocycles. The van der Waals surface area contributed by atoms with Gasteiger partial charge in [0, 0.05) is 18.5 Å². The maximum atomic E-state index is 13.1. The molecule has 4 rings (SSSR count). The van der Waals surface area contributed by atoms with Crippen LogP contribution in [0.2, 0.25) is 0 Å². The third kappa shape index (κ3) is 4.33. The van der Waals surface area contributed by atoms with E-state index in [0.717, 1.165) is 35.7 Å².